The van der Waals surface area contributed by atoms with Gasteiger partial charge in [0.2, 0.25) is 0 Å². The van der Waals surface area contributed by atoms with Gasteiger partial charge in [-0.3, -0.25) is 19.9 Å². The predicted molar refractivity (Wildman–Crippen MR) is 499 cm³/mol. The van der Waals surface area contributed by atoms with Gasteiger partial charge < -0.3 is 0 Å². The number of unbranched alkanes of at least 4 members (excludes halogenated alkanes) is 4. The monoisotopic (exact) mass is 1900 g/mol. The minimum atomic E-state index is -10.7. The number of aryl methyl sites for hydroxylation is 4. The van der Waals surface area contributed by atoms with E-state index in [9.17, 15) is 50.4 Å². The van der Waals surface area contributed by atoms with E-state index >= 15 is 0 Å². The van der Waals surface area contributed by atoms with Gasteiger partial charge in [-0.25, -0.2) is 0 Å². The molecule has 0 bridgehead atoms. The molecule has 0 aliphatic carbocycles. The van der Waals surface area contributed by atoms with Crippen LogP contribution in [0.1, 0.15) is 102 Å². The van der Waals surface area contributed by atoms with Gasteiger partial charge in [-0.2, -0.15) is 21.0 Å². The molecule has 14 aromatic rings. The third-order valence-electron chi connectivity index (χ3n) is 18.7. The molecule has 0 radical (unpaired) electrons. The van der Waals surface area contributed by atoms with Crippen LogP contribution in [0.4, 0.5) is 50.4 Å². The van der Waals surface area contributed by atoms with E-state index in [0.717, 1.165) is 73.4 Å². The largest absolute Gasteiger partial charge is 1.00 e. The predicted octanol–water partition coefficient (Wildman–Crippen LogP) is 27.2. The fraction of sp³-hybridized carbons (Fsp3) is 0.208. The Hall–Kier alpha value is -9.42. The Labute approximate surface area is 745 Å². The Bertz CT molecular complexity index is 4830. The Kier molecular flexibility index (Phi) is 42.9. The summed E-state index contributed by atoms with van der Waals surface area (Å²) in [4.78, 5) is 20.9. The summed E-state index contributed by atoms with van der Waals surface area (Å²) < 4.78 is 118. The maximum atomic E-state index is 9.87. The summed E-state index contributed by atoms with van der Waals surface area (Å²) >= 11 is 0. The maximum absolute atomic E-state index is 10.7. The van der Waals surface area contributed by atoms with Gasteiger partial charge in [0.05, 0.1) is 145 Å². The van der Waals surface area contributed by atoms with Crippen LogP contribution in [0.2, 0.25) is 0 Å². The first-order valence-electron chi connectivity index (χ1n) is 39.8. The third-order valence-corrected chi connectivity index (χ3v) is 30.3. The molecule has 0 spiro atoms. The van der Waals surface area contributed by atoms with Crippen molar-refractivity contribution in [2.75, 3.05) is 24.6 Å². The molecule has 0 saturated carbocycles. The van der Waals surface area contributed by atoms with Crippen LogP contribution in [-0.2, 0) is 59.8 Å². The van der Waals surface area contributed by atoms with Crippen molar-refractivity contribution in [2.24, 2.45) is 0 Å². The van der Waals surface area contributed by atoms with Crippen LogP contribution in [-0.4, -0.2) is 44.6 Å². The number of benzene rings is 10. The molecule has 0 atom stereocenters. The topological polar surface area (TPSA) is 147 Å². The zero-order chi connectivity index (χ0) is 88.4. The van der Waals surface area contributed by atoms with E-state index in [1.54, 1.807) is 24.3 Å². The Morgan fingerprint density at radius 2 is 0.339 bits per heavy atom. The van der Waals surface area contributed by atoms with Crippen molar-refractivity contribution < 1.29 is 84.5 Å². The van der Waals surface area contributed by atoms with Crippen molar-refractivity contribution in [3.8, 4) is 24.3 Å². The van der Waals surface area contributed by atoms with Crippen molar-refractivity contribution in [1.82, 2.24) is 19.9 Å². The van der Waals surface area contributed by atoms with Crippen LogP contribution in [0.3, 0.4) is 0 Å². The van der Waals surface area contributed by atoms with Crippen LogP contribution < -0.4 is 42.4 Å². The number of hydrogen-bond donors (Lipinski definition) is 0. The van der Waals surface area contributed by atoms with Crippen LogP contribution in [0.5, 0.6) is 0 Å². The van der Waals surface area contributed by atoms with Crippen molar-refractivity contribution >= 4 is 133 Å². The van der Waals surface area contributed by atoms with E-state index < -0.39 is 47.3 Å². The molecular weight excluding hydrogens is 1810 g/mol. The number of pyridine rings is 4. The summed E-state index contributed by atoms with van der Waals surface area (Å²) in [5, 5.41) is 46.0. The molecule has 4 aromatic heterocycles. The molecule has 10 aromatic carbocycles. The van der Waals surface area contributed by atoms with Gasteiger partial charge in [0.1, 0.15) is 0 Å². The smallest absolute Gasteiger partial charge is 0.251 e. The quantitative estimate of drug-likeness (QED) is 0.0155. The van der Waals surface area contributed by atoms with Crippen molar-refractivity contribution in [2.45, 2.75) is 105 Å². The number of fused-ring (bicyclic) bond motifs is 6. The molecule has 0 aliphatic rings. The summed E-state index contributed by atoms with van der Waals surface area (Å²) in [6.07, 6.45) is 18.3. The minimum absolute atomic E-state index is 0. The second-order valence-corrected chi connectivity index (χ2v) is 42.4. The standard InChI is InChI=1S/2C44H42N2P2.4C2H3N.2Cu.2F6P/c2*1-5-19-39(20-6-1)47(40-21-7-2-8-22-40)33-15-13-17-37-31-29-35-27-28-36-30-32-38(46-44(36)43(35)45-37)18-14-16-34-48(41-23-9-3-10-24-41)42-25-11-4-12-26-42;4*1-2-3;;;2*1-7(2,3,4,5)6/h2*1-12,19-32H,13-18,33-34H2;4*1H3;;;;/q;;;;;;2*+1;2*-1/p+4. The fourth-order valence-corrected chi connectivity index (χ4v) is 24.4. The van der Waals surface area contributed by atoms with Crippen LogP contribution in [0.25, 0.3) is 43.6 Å². The van der Waals surface area contributed by atoms with Gasteiger partial charge in [0.15, 0.2) is 0 Å². The summed E-state index contributed by atoms with van der Waals surface area (Å²) in [6.45, 7) is 5.72. The summed E-state index contributed by atoms with van der Waals surface area (Å²) in [7, 11) is -24.5. The number of hydrogen-bond acceptors (Lipinski definition) is 8. The van der Waals surface area contributed by atoms with E-state index in [1.807, 2.05) is 0 Å². The number of halogens is 12. The molecule has 656 valence electrons. The van der Waals surface area contributed by atoms with Gasteiger partial charge in [0, 0.05) is 72.0 Å². The van der Waals surface area contributed by atoms with Crippen molar-refractivity contribution in [3.63, 3.8) is 0 Å². The van der Waals surface area contributed by atoms with Gasteiger partial charge in [-0.15, -0.1) is 0 Å². The molecule has 0 N–H and O–H groups in total. The number of aromatic nitrogens is 4. The Morgan fingerprint density at radius 3 is 0.468 bits per heavy atom. The average Bonchev–Trinajstić information content (AvgIpc) is 0.911. The number of nitrogens with zero attached hydrogens (tertiary/aromatic N) is 8. The van der Waals surface area contributed by atoms with Crippen LogP contribution >= 0.6 is 47.3 Å². The molecular formula is C96H100Cu2F12N8P6+4. The third kappa shape index (κ3) is 41.1. The average molecular weight is 1910 g/mol. The fourth-order valence-electron chi connectivity index (χ4n) is 13.6. The van der Waals surface area contributed by atoms with E-state index in [1.165, 1.54) is 165 Å². The van der Waals surface area contributed by atoms with Crippen molar-refractivity contribution in [1.29, 1.82) is 21.0 Å². The van der Waals surface area contributed by atoms with E-state index in [0.29, 0.717) is 0 Å². The SMILES string of the molecule is CC#N.CC#N.CC#N.CC#N.F[P-](F)(F)(F)(F)F.F[P-](F)(F)(F)(F)F.[Cu+].[Cu+].c1ccc([PH+](CCCCc2ccc3ccc4ccc(CCCC[PH+](c5ccccc5)c5ccccc5)nc4c3n2)c2ccccc2)cc1.c1ccc([PH+](CCCCc2ccc3ccc4ccc(CCCC[PH+](c5ccccc5)c5ccccc5)nc4c3n2)c2ccccc2)cc1. The summed E-state index contributed by atoms with van der Waals surface area (Å²) in [6, 6.07) is 122. The van der Waals surface area contributed by atoms with E-state index in [-0.39, 0.29) is 34.1 Å². The van der Waals surface area contributed by atoms with Crippen LogP contribution in [0.15, 0.2) is 315 Å². The van der Waals surface area contributed by atoms with Gasteiger partial charge in [-0.1, -0.05) is 194 Å². The van der Waals surface area contributed by atoms with Gasteiger partial charge in [-0.05, 0) is 198 Å². The molecule has 0 saturated heterocycles. The van der Waals surface area contributed by atoms with E-state index in [4.69, 9.17) is 41.0 Å². The maximum Gasteiger partial charge on any atom is 1.00 e. The second-order valence-electron chi connectivity index (χ2n) is 28.1. The first-order chi connectivity index (χ1) is 58.2. The summed E-state index contributed by atoms with van der Waals surface area (Å²) in [5.74, 6) is 0. The molecule has 124 heavy (non-hydrogen) atoms. The van der Waals surface area contributed by atoms with E-state index in [2.05, 4.69) is 315 Å². The molecule has 28 heteroatoms. The molecule has 0 fully saturated rings. The molecule has 4 heterocycles. The zero-order valence-electron chi connectivity index (χ0n) is 68.9. The second kappa shape index (κ2) is 50.7. The minimum Gasteiger partial charge on any atom is -0.251 e. The normalized spacial score (nSPS) is 11.8. The van der Waals surface area contributed by atoms with Gasteiger partial charge >= 0.3 is 100 Å². The summed E-state index contributed by atoms with van der Waals surface area (Å²) in [5.41, 5.74) is 8.87. The van der Waals surface area contributed by atoms with Crippen LogP contribution in [0, 0.1) is 45.3 Å². The molecule has 8 nitrogen and oxygen atoms in total. The number of nitriles is 4. The molecule has 0 aliphatic heterocycles. The van der Waals surface area contributed by atoms with Crippen molar-refractivity contribution in [3.05, 3.63) is 338 Å². The number of rotatable bonds is 28. The molecule has 0 amide bonds. The first kappa shape index (κ1) is 105. The Morgan fingerprint density at radius 1 is 0.218 bits per heavy atom. The van der Waals surface area contributed by atoms with Gasteiger partial charge in [0.25, 0.3) is 0 Å². The molecule has 14 rings (SSSR count). The first-order valence-corrected chi connectivity index (χ1v) is 50.7. The Balaban J connectivity index is 0.000000339. The molecule has 0 unspecified atom stereocenters. The zero-order valence-corrected chi connectivity index (χ0v) is 76.6.